The largest absolute Gasteiger partial charge is 0.394 e. The predicted molar refractivity (Wildman–Crippen MR) is 83.9 cm³/mol. The van der Waals surface area contributed by atoms with Crippen molar-refractivity contribution < 1.29 is 20.4 Å². The van der Waals surface area contributed by atoms with Gasteiger partial charge in [0.05, 0.1) is 13.2 Å². The first-order valence-corrected chi connectivity index (χ1v) is 7.33. The number of fused-ring (bicyclic) bond motifs is 2. The van der Waals surface area contributed by atoms with Crippen molar-refractivity contribution in [2.45, 2.75) is 24.9 Å². The third kappa shape index (κ3) is 3.13. The van der Waals surface area contributed by atoms with E-state index >= 15 is 0 Å². The molecule has 25 heavy (non-hydrogen) atoms. The van der Waals surface area contributed by atoms with Crippen LogP contribution in [0.3, 0.4) is 0 Å². The predicted octanol–water partition coefficient (Wildman–Crippen LogP) is -2.95. The maximum atomic E-state index is 12.0. The second-order valence-electron chi connectivity index (χ2n) is 5.42. The highest BCUT2D eigenvalue weighted by Gasteiger charge is 2.27. The number of aromatic nitrogens is 5. The van der Waals surface area contributed by atoms with Crippen LogP contribution in [0.25, 0.3) is 22.7 Å². The number of H-pyrrole nitrogens is 1. The number of aliphatic hydroxyl groups is 4. The summed E-state index contributed by atoms with van der Waals surface area (Å²) >= 11 is 0. The molecule has 0 aromatic carbocycles. The Balaban J connectivity index is 2.20. The molecule has 5 N–H and O–H groups in total. The van der Waals surface area contributed by atoms with E-state index in [-0.39, 0.29) is 23.7 Å². The topological polar surface area (TPSA) is 174 Å². The van der Waals surface area contributed by atoms with Crippen LogP contribution in [0.1, 0.15) is 0 Å². The van der Waals surface area contributed by atoms with E-state index in [2.05, 4.69) is 15.0 Å². The van der Waals surface area contributed by atoms with Crippen LogP contribution in [-0.4, -0.2) is 69.8 Å². The van der Waals surface area contributed by atoms with Gasteiger partial charge in [-0.15, -0.1) is 0 Å². The van der Waals surface area contributed by atoms with Crippen molar-refractivity contribution >= 4 is 11.2 Å². The lowest BCUT2D eigenvalue weighted by molar-refractivity contribution is -0.0803. The van der Waals surface area contributed by atoms with Crippen LogP contribution in [-0.2, 0) is 6.54 Å². The van der Waals surface area contributed by atoms with Crippen LogP contribution in [0.2, 0.25) is 0 Å². The Morgan fingerprint density at radius 1 is 1.16 bits per heavy atom. The number of hydrogen-bond donors (Lipinski definition) is 5. The van der Waals surface area contributed by atoms with Crippen LogP contribution >= 0.6 is 0 Å². The number of nitrogens with one attached hydrogen (secondary N) is 1. The van der Waals surface area contributed by atoms with Crippen molar-refractivity contribution in [2.75, 3.05) is 6.61 Å². The number of rotatable bonds is 5. The third-order valence-corrected chi connectivity index (χ3v) is 3.71. The minimum atomic E-state index is -1.66. The van der Waals surface area contributed by atoms with E-state index in [0.717, 1.165) is 0 Å². The number of aliphatic hydroxyl groups excluding tert-OH is 4. The van der Waals surface area contributed by atoms with Crippen LogP contribution in [0.4, 0.5) is 0 Å². The van der Waals surface area contributed by atoms with Crippen molar-refractivity contribution in [3.8, 4) is 11.5 Å². The molecular formula is C14H15N5O6. The molecule has 11 nitrogen and oxygen atoms in total. The van der Waals surface area contributed by atoms with E-state index in [1.54, 1.807) is 12.1 Å². The molecule has 2 aliphatic rings. The molecule has 0 aliphatic carbocycles. The molecule has 1 aromatic rings. The molecule has 0 saturated carbocycles. The monoisotopic (exact) mass is 349 g/mol. The first-order valence-electron chi connectivity index (χ1n) is 7.33. The Bertz CT molecular complexity index is 985. The molecule has 0 unspecified atom stereocenters. The summed E-state index contributed by atoms with van der Waals surface area (Å²) in [6, 6.07) is 3.17. The molecule has 11 heteroatoms. The van der Waals surface area contributed by atoms with Gasteiger partial charge < -0.3 is 25.0 Å². The van der Waals surface area contributed by atoms with Crippen LogP contribution in [0.15, 0.2) is 27.9 Å². The normalized spacial score (nSPS) is 15.4. The van der Waals surface area contributed by atoms with E-state index in [4.69, 9.17) is 5.11 Å². The summed E-state index contributed by atoms with van der Waals surface area (Å²) in [5.74, 6) is -0.121. The van der Waals surface area contributed by atoms with Crippen molar-refractivity contribution in [1.29, 1.82) is 0 Å². The molecule has 0 fully saturated rings. The first-order chi connectivity index (χ1) is 11.9. The molecule has 3 rings (SSSR count). The van der Waals surface area contributed by atoms with Crippen LogP contribution in [0, 0.1) is 0 Å². The Morgan fingerprint density at radius 2 is 1.92 bits per heavy atom. The molecule has 0 spiro atoms. The highest BCUT2D eigenvalue weighted by Crippen LogP contribution is 2.19. The molecule has 2 aliphatic heterocycles. The molecule has 1 aromatic heterocycles. The Morgan fingerprint density at radius 3 is 2.64 bits per heavy atom. The second kappa shape index (κ2) is 6.64. The molecule has 0 saturated heterocycles. The fraction of sp³-hybridized carbons (Fsp3) is 0.357. The van der Waals surface area contributed by atoms with Gasteiger partial charge in [-0.05, 0) is 12.1 Å². The number of aromatic amines is 1. The summed E-state index contributed by atoms with van der Waals surface area (Å²) < 4.78 is 1.26. The van der Waals surface area contributed by atoms with Gasteiger partial charge in [0.25, 0.3) is 5.56 Å². The minimum absolute atomic E-state index is 0.121. The molecule has 3 heterocycles. The standard InChI is InChI=1S/C14H15N5O6/c20-5-8(22)10(23)7(21)4-19-11-6(2-1-3-15-11)16-9-12(19)17-14(25)18-13(9)24/h1-3,7-8,10,20-23H,4-5H2,(H,18,24,25)/t7-,8+,10-/m0/s1. The lowest BCUT2D eigenvalue weighted by atomic mass is 10.1. The highest BCUT2D eigenvalue weighted by atomic mass is 16.4. The van der Waals surface area contributed by atoms with E-state index in [1.807, 2.05) is 4.98 Å². The quantitative estimate of drug-likeness (QED) is 0.302. The Hall–Kier alpha value is -2.73. The Kier molecular flexibility index (Phi) is 4.55. The first kappa shape index (κ1) is 17.1. The van der Waals surface area contributed by atoms with Gasteiger partial charge in [-0.3, -0.25) is 9.78 Å². The van der Waals surface area contributed by atoms with E-state index in [0.29, 0.717) is 5.52 Å². The maximum absolute atomic E-state index is 12.0. The van der Waals surface area contributed by atoms with Gasteiger partial charge in [0.2, 0.25) is 0 Å². The number of hydrogen-bond acceptors (Lipinski definition) is 9. The summed E-state index contributed by atoms with van der Waals surface area (Å²) in [6.07, 6.45) is -3.30. The maximum Gasteiger partial charge on any atom is 0.349 e. The molecule has 0 bridgehead atoms. The van der Waals surface area contributed by atoms with Crippen molar-refractivity contribution in [1.82, 2.24) is 24.5 Å². The SMILES string of the molecule is O=c1nc2n(C[C@H](O)[C@H](O)[C@H](O)CO)c3ncccc3nc-2c(=O)[nH]1. The molecular weight excluding hydrogens is 334 g/mol. The van der Waals surface area contributed by atoms with Gasteiger partial charge in [-0.25, -0.2) is 14.8 Å². The van der Waals surface area contributed by atoms with Crippen molar-refractivity contribution in [3.63, 3.8) is 0 Å². The van der Waals surface area contributed by atoms with Gasteiger partial charge in [-0.1, -0.05) is 0 Å². The van der Waals surface area contributed by atoms with E-state index < -0.39 is 36.2 Å². The zero-order valence-corrected chi connectivity index (χ0v) is 12.8. The molecule has 0 amide bonds. The fourth-order valence-corrected chi connectivity index (χ4v) is 2.46. The summed E-state index contributed by atoms with van der Waals surface area (Å²) in [5, 5.41) is 38.3. The summed E-state index contributed by atoms with van der Waals surface area (Å²) in [6.45, 7) is -1.09. The lowest BCUT2D eigenvalue weighted by Crippen LogP contribution is -2.42. The molecule has 132 valence electrons. The lowest BCUT2D eigenvalue weighted by Gasteiger charge is -2.24. The fourth-order valence-electron chi connectivity index (χ4n) is 2.46. The summed E-state index contributed by atoms with van der Waals surface area (Å²) in [7, 11) is 0. The van der Waals surface area contributed by atoms with Gasteiger partial charge >= 0.3 is 5.69 Å². The average Bonchev–Trinajstić information content (AvgIpc) is 2.60. The van der Waals surface area contributed by atoms with Crippen LogP contribution in [0.5, 0.6) is 0 Å². The van der Waals surface area contributed by atoms with Crippen molar-refractivity contribution in [3.05, 3.63) is 39.2 Å². The van der Waals surface area contributed by atoms with Gasteiger partial charge in [0, 0.05) is 6.20 Å². The zero-order chi connectivity index (χ0) is 18.1. The van der Waals surface area contributed by atoms with E-state index in [1.165, 1.54) is 10.8 Å². The average molecular weight is 349 g/mol. The summed E-state index contributed by atoms with van der Waals surface area (Å²) in [5.41, 5.74) is -1.25. The number of nitrogens with zero attached hydrogens (tertiary/aromatic N) is 4. The van der Waals surface area contributed by atoms with Gasteiger partial charge in [-0.2, -0.15) is 4.98 Å². The van der Waals surface area contributed by atoms with Crippen LogP contribution < -0.4 is 11.2 Å². The minimum Gasteiger partial charge on any atom is -0.394 e. The van der Waals surface area contributed by atoms with Gasteiger partial charge in [0.1, 0.15) is 23.8 Å². The third-order valence-electron chi connectivity index (χ3n) is 3.71. The zero-order valence-electron chi connectivity index (χ0n) is 12.8. The Labute approximate surface area is 139 Å². The molecule has 0 radical (unpaired) electrons. The highest BCUT2D eigenvalue weighted by molar-refractivity contribution is 5.75. The molecule has 3 atom stereocenters. The smallest absolute Gasteiger partial charge is 0.349 e. The summed E-state index contributed by atoms with van der Waals surface area (Å²) in [4.78, 5) is 37.5. The van der Waals surface area contributed by atoms with Crippen molar-refractivity contribution in [2.24, 2.45) is 0 Å². The van der Waals surface area contributed by atoms with E-state index in [9.17, 15) is 24.9 Å². The second-order valence-corrected chi connectivity index (χ2v) is 5.42. The van der Waals surface area contributed by atoms with Gasteiger partial charge in [0.15, 0.2) is 17.2 Å². The number of pyridine rings is 1.